The predicted octanol–water partition coefficient (Wildman–Crippen LogP) is 0.971. The lowest BCUT2D eigenvalue weighted by atomic mass is 10.1. The minimum atomic E-state index is 0.852. The van der Waals surface area contributed by atoms with Gasteiger partial charge in [0.25, 0.3) is 0 Å². The number of piperazine rings is 1. The number of benzene rings is 1. The van der Waals surface area contributed by atoms with Crippen LogP contribution < -0.4 is 10.2 Å². The van der Waals surface area contributed by atoms with E-state index in [0.29, 0.717) is 0 Å². The Labute approximate surface area is 121 Å². The van der Waals surface area contributed by atoms with Crippen LogP contribution in [0.5, 0.6) is 0 Å². The van der Waals surface area contributed by atoms with Gasteiger partial charge in [-0.3, -0.25) is 0 Å². The molecule has 0 bridgehead atoms. The maximum absolute atomic E-state index is 5.40. The van der Waals surface area contributed by atoms with Crippen molar-refractivity contribution in [3.05, 3.63) is 29.8 Å². The summed E-state index contributed by atoms with van der Waals surface area (Å²) in [7, 11) is 0. The van der Waals surface area contributed by atoms with Crippen molar-refractivity contribution in [1.29, 1.82) is 0 Å². The van der Waals surface area contributed by atoms with Gasteiger partial charge in [0.05, 0.1) is 13.2 Å². The van der Waals surface area contributed by atoms with Gasteiger partial charge >= 0.3 is 0 Å². The van der Waals surface area contributed by atoms with Gasteiger partial charge in [-0.05, 0) is 24.1 Å². The topological polar surface area (TPSA) is 27.7 Å². The van der Waals surface area contributed by atoms with Gasteiger partial charge in [0.1, 0.15) is 0 Å². The first-order valence-electron chi connectivity index (χ1n) is 7.76. The van der Waals surface area contributed by atoms with E-state index in [9.17, 15) is 0 Å². The Kier molecular flexibility index (Phi) is 4.90. The molecule has 2 aliphatic heterocycles. The molecule has 0 amide bonds. The van der Waals surface area contributed by atoms with Crippen molar-refractivity contribution < 1.29 is 4.74 Å². The minimum absolute atomic E-state index is 0.852. The van der Waals surface area contributed by atoms with E-state index in [1.165, 1.54) is 30.9 Å². The van der Waals surface area contributed by atoms with E-state index in [1.54, 1.807) is 0 Å². The Balaban J connectivity index is 1.50. The summed E-state index contributed by atoms with van der Waals surface area (Å²) in [5, 5.41) is 3.40. The van der Waals surface area contributed by atoms with Crippen LogP contribution in [-0.4, -0.2) is 63.9 Å². The average Bonchev–Trinajstić information content (AvgIpc) is 2.55. The standard InChI is InChI=1S/C16H25N3O/c1-3-16(19-11-13-20-14-12-19)4-2-15(1)5-8-18-9-6-17-7-10-18/h1-4,17H,5-14H2. The largest absolute Gasteiger partial charge is 0.378 e. The van der Waals surface area contributed by atoms with E-state index >= 15 is 0 Å². The molecule has 1 aromatic carbocycles. The quantitative estimate of drug-likeness (QED) is 0.886. The van der Waals surface area contributed by atoms with Gasteiger partial charge < -0.3 is 19.9 Å². The molecule has 3 rings (SSSR count). The second kappa shape index (κ2) is 7.07. The number of nitrogens with one attached hydrogen (secondary N) is 1. The van der Waals surface area contributed by atoms with E-state index in [4.69, 9.17) is 4.74 Å². The highest BCUT2D eigenvalue weighted by Crippen LogP contribution is 2.17. The highest BCUT2D eigenvalue weighted by Gasteiger charge is 2.11. The number of morpholine rings is 1. The Morgan fingerprint density at radius 3 is 2.35 bits per heavy atom. The SMILES string of the molecule is c1cc(N2CCOCC2)ccc1CCN1CCNCC1. The summed E-state index contributed by atoms with van der Waals surface area (Å²) in [5.74, 6) is 0. The Morgan fingerprint density at radius 2 is 1.65 bits per heavy atom. The maximum atomic E-state index is 5.40. The van der Waals surface area contributed by atoms with Crippen LogP contribution in [0.25, 0.3) is 0 Å². The van der Waals surface area contributed by atoms with Gasteiger partial charge in [0.2, 0.25) is 0 Å². The summed E-state index contributed by atoms with van der Waals surface area (Å²) in [6, 6.07) is 9.09. The number of hydrogen-bond donors (Lipinski definition) is 1. The highest BCUT2D eigenvalue weighted by atomic mass is 16.5. The third-order valence-electron chi connectivity index (χ3n) is 4.24. The van der Waals surface area contributed by atoms with Gasteiger partial charge in [0, 0.05) is 51.5 Å². The Hall–Kier alpha value is -1.10. The van der Waals surface area contributed by atoms with Crippen molar-refractivity contribution >= 4 is 5.69 Å². The number of ether oxygens (including phenoxy) is 1. The normalized spacial score (nSPS) is 21.1. The zero-order valence-electron chi connectivity index (χ0n) is 12.2. The van der Waals surface area contributed by atoms with Gasteiger partial charge in [-0.25, -0.2) is 0 Å². The first-order valence-corrected chi connectivity index (χ1v) is 7.76. The van der Waals surface area contributed by atoms with Crippen LogP contribution in [0, 0.1) is 0 Å². The zero-order chi connectivity index (χ0) is 13.6. The molecule has 2 saturated heterocycles. The lowest BCUT2D eigenvalue weighted by Gasteiger charge is -2.29. The molecule has 110 valence electrons. The van der Waals surface area contributed by atoms with Crippen molar-refractivity contribution in [3.8, 4) is 0 Å². The van der Waals surface area contributed by atoms with Gasteiger partial charge in [-0.1, -0.05) is 12.1 Å². The minimum Gasteiger partial charge on any atom is -0.378 e. The van der Waals surface area contributed by atoms with Crippen LogP contribution in [0.3, 0.4) is 0 Å². The van der Waals surface area contributed by atoms with Gasteiger partial charge in [-0.2, -0.15) is 0 Å². The molecule has 20 heavy (non-hydrogen) atoms. The second-order valence-electron chi connectivity index (χ2n) is 5.61. The first kappa shape index (κ1) is 13.9. The number of hydrogen-bond acceptors (Lipinski definition) is 4. The molecule has 0 radical (unpaired) electrons. The van der Waals surface area contributed by atoms with E-state index in [0.717, 1.165) is 45.8 Å². The summed E-state index contributed by atoms with van der Waals surface area (Å²) in [6.45, 7) is 9.55. The van der Waals surface area contributed by atoms with Crippen molar-refractivity contribution in [2.45, 2.75) is 6.42 Å². The summed E-state index contributed by atoms with van der Waals surface area (Å²) in [4.78, 5) is 4.95. The molecular weight excluding hydrogens is 250 g/mol. The summed E-state index contributed by atoms with van der Waals surface area (Å²) in [5.41, 5.74) is 2.78. The molecule has 2 heterocycles. The molecule has 0 aliphatic carbocycles. The molecule has 1 aromatic rings. The number of rotatable bonds is 4. The molecule has 0 saturated carbocycles. The molecule has 1 N–H and O–H groups in total. The molecule has 4 nitrogen and oxygen atoms in total. The van der Waals surface area contributed by atoms with E-state index in [2.05, 4.69) is 39.4 Å². The molecule has 0 atom stereocenters. The Morgan fingerprint density at radius 1 is 0.950 bits per heavy atom. The van der Waals surface area contributed by atoms with Crippen LogP contribution in [-0.2, 0) is 11.2 Å². The molecule has 2 fully saturated rings. The molecule has 0 aromatic heterocycles. The van der Waals surface area contributed by atoms with Crippen molar-refractivity contribution in [2.24, 2.45) is 0 Å². The smallest absolute Gasteiger partial charge is 0.0642 e. The molecule has 4 heteroatoms. The maximum Gasteiger partial charge on any atom is 0.0642 e. The van der Waals surface area contributed by atoms with E-state index in [1.807, 2.05) is 0 Å². The van der Waals surface area contributed by atoms with Gasteiger partial charge in [-0.15, -0.1) is 0 Å². The highest BCUT2D eigenvalue weighted by molar-refractivity contribution is 5.47. The first-order chi connectivity index (χ1) is 9.92. The fraction of sp³-hybridized carbons (Fsp3) is 0.625. The van der Waals surface area contributed by atoms with E-state index in [-0.39, 0.29) is 0 Å². The second-order valence-corrected chi connectivity index (χ2v) is 5.61. The third kappa shape index (κ3) is 3.72. The summed E-state index contributed by atoms with van der Waals surface area (Å²) >= 11 is 0. The summed E-state index contributed by atoms with van der Waals surface area (Å²) < 4.78 is 5.40. The lowest BCUT2D eigenvalue weighted by molar-refractivity contribution is 0.122. The van der Waals surface area contributed by atoms with Crippen LogP contribution in [0.4, 0.5) is 5.69 Å². The molecule has 0 spiro atoms. The molecular formula is C16H25N3O. The number of anilines is 1. The average molecular weight is 275 g/mol. The summed E-state index contributed by atoms with van der Waals surface area (Å²) in [6.07, 6.45) is 1.16. The van der Waals surface area contributed by atoms with Gasteiger partial charge in [0.15, 0.2) is 0 Å². The third-order valence-corrected chi connectivity index (χ3v) is 4.24. The zero-order valence-corrected chi connectivity index (χ0v) is 12.2. The molecule has 0 unspecified atom stereocenters. The van der Waals surface area contributed by atoms with Crippen LogP contribution >= 0.6 is 0 Å². The predicted molar refractivity (Wildman–Crippen MR) is 82.5 cm³/mol. The lowest BCUT2D eigenvalue weighted by Crippen LogP contribution is -2.44. The monoisotopic (exact) mass is 275 g/mol. The van der Waals surface area contributed by atoms with Crippen LogP contribution in [0.15, 0.2) is 24.3 Å². The fourth-order valence-electron chi connectivity index (χ4n) is 2.92. The fourth-order valence-corrected chi connectivity index (χ4v) is 2.92. The van der Waals surface area contributed by atoms with Crippen LogP contribution in [0.2, 0.25) is 0 Å². The van der Waals surface area contributed by atoms with Crippen LogP contribution in [0.1, 0.15) is 5.56 Å². The Bertz CT molecular complexity index is 395. The van der Waals surface area contributed by atoms with Crippen molar-refractivity contribution in [1.82, 2.24) is 10.2 Å². The molecule has 2 aliphatic rings. The van der Waals surface area contributed by atoms with E-state index < -0.39 is 0 Å². The van der Waals surface area contributed by atoms with Crippen molar-refractivity contribution in [3.63, 3.8) is 0 Å². The van der Waals surface area contributed by atoms with Crippen molar-refractivity contribution in [2.75, 3.05) is 63.9 Å². The number of nitrogens with zero attached hydrogens (tertiary/aromatic N) is 2.